The Morgan fingerprint density at radius 3 is 1.21 bits per heavy atom. The maximum absolute atomic E-state index is 15.8. The molecule has 11 atom stereocenters. The van der Waals surface area contributed by atoms with Gasteiger partial charge >= 0.3 is 0 Å². The van der Waals surface area contributed by atoms with Gasteiger partial charge in [0.05, 0.1) is 51.8 Å². The largest absolute Gasteiger partial charge is 0.370 e. The highest BCUT2D eigenvalue weighted by Gasteiger charge is 2.59. The standard InChI is InChI=1S/C58H60O9/c1-60-58-57(66-40-46-31-18-7-19-32-46)56(65-39-45-29-16-6-17-30-45)55(64-38-44-27-14-5-15-28-44)52(67-58)48-34-20-33-47-49(48)50(59)53(62-36-42-23-10-3-11-24-42)54(63-37-43-25-12-4-13-26-43)51(47)61-35-41-21-8-2-9-22-41/h2-33,47-49,51-58H,34-40H2,1H3/t47-,48-,49-,51-,52?,53-,54-,55+,56-,57+,58-/m0/s1. The summed E-state index contributed by atoms with van der Waals surface area (Å²) in [6.07, 6.45) is -1.01. The Morgan fingerprint density at radius 2 is 0.791 bits per heavy atom. The molecule has 3 aliphatic rings. The van der Waals surface area contributed by atoms with Crippen LogP contribution >= 0.6 is 0 Å². The van der Waals surface area contributed by atoms with E-state index in [0.29, 0.717) is 26.2 Å². The van der Waals surface area contributed by atoms with Crippen LogP contribution in [-0.2, 0) is 82.3 Å². The van der Waals surface area contributed by atoms with Crippen molar-refractivity contribution in [3.63, 3.8) is 0 Å². The van der Waals surface area contributed by atoms with Gasteiger partial charge in [0.25, 0.3) is 0 Å². The van der Waals surface area contributed by atoms with Crippen LogP contribution in [0, 0.1) is 17.8 Å². The topological polar surface area (TPSA) is 90.9 Å². The summed E-state index contributed by atoms with van der Waals surface area (Å²) >= 11 is 0. The third-order valence-electron chi connectivity index (χ3n) is 13.1. The number of benzene rings is 6. The van der Waals surface area contributed by atoms with E-state index in [9.17, 15) is 0 Å². The summed E-state index contributed by atoms with van der Waals surface area (Å²) in [7, 11) is 1.63. The van der Waals surface area contributed by atoms with Crippen molar-refractivity contribution >= 4 is 5.78 Å². The van der Waals surface area contributed by atoms with Gasteiger partial charge in [-0.3, -0.25) is 4.79 Å². The summed E-state index contributed by atoms with van der Waals surface area (Å²) in [5.74, 6) is -1.46. The van der Waals surface area contributed by atoms with Crippen molar-refractivity contribution in [2.24, 2.45) is 17.8 Å². The molecular weight excluding hydrogens is 841 g/mol. The number of carbonyl (C=O) groups excluding carboxylic acids is 1. The van der Waals surface area contributed by atoms with Crippen LogP contribution < -0.4 is 0 Å². The minimum atomic E-state index is -0.961. The summed E-state index contributed by atoms with van der Waals surface area (Å²) in [4.78, 5) is 15.8. The van der Waals surface area contributed by atoms with Gasteiger partial charge in [0.2, 0.25) is 0 Å². The normalized spacial score (nSPS) is 27.1. The van der Waals surface area contributed by atoms with E-state index in [1.165, 1.54) is 0 Å². The molecule has 2 aliphatic carbocycles. The average Bonchev–Trinajstić information content (AvgIpc) is 3.39. The van der Waals surface area contributed by atoms with Gasteiger partial charge in [-0.25, -0.2) is 0 Å². The molecule has 6 aromatic carbocycles. The van der Waals surface area contributed by atoms with Crippen LogP contribution in [0.5, 0.6) is 0 Å². The fraction of sp³-hybridized carbons (Fsp3) is 0.328. The number of methoxy groups -OCH3 is 1. The molecule has 1 saturated carbocycles. The fourth-order valence-electron chi connectivity index (χ4n) is 9.82. The molecule has 67 heavy (non-hydrogen) atoms. The van der Waals surface area contributed by atoms with Crippen LogP contribution in [0.15, 0.2) is 194 Å². The van der Waals surface area contributed by atoms with E-state index in [1.54, 1.807) is 7.11 Å². The predicted molar refractivity (Wildman–Crippen MR) is 255 cm³/mol. The van der Waals surface area contributed by atoms with E-state index in [0.717, 1.165) is 33.4 Å². The number of ether oxygens (including phenoxy) is 8. The van der Waals surface area contributed by atoms with Crippen LogP contribution in [0.4, 0.5) is 0 Å². The number of ketones is 1. The van der Waals surface area contributed by atoms with Gasteiger partial charge < -0.3 is 37.9 Å². The van der Waals surface area contributed by atoms with Gasteiger partial charge in [-0.15, -0.1) is 0 Å². The number of hydrogen-bond donors (Lipinski definition) is 0. The van der Waals surface area contributed by atoms with Crippen LogP contribution in [-0.4, -0.2) is 61.9 Å². The van der Waals surface area contributed by atoms with E-state index in [2.05, 4.69) is 24.3 Å². The monoisotopic (exact) mass is 900 g/mol. The van der Waals surface area contributed by atoms with Gasteiger partial charge in [0, 0.05) is 24.9 Å². The smallest absolute Gasteiger partial charge is 0.186 e. The second kappa shape index (κ2) is 23.4. The summed E-state index contributed by atoms with van der Waals surface area (Å²) in [6.45, 7) is 1.70. The molecule has 6 aromatic rings. The number of Topliss-reactive ketones (excluding diaryl/α,β-unsaturated/α-hetero) is 1. The number of rotatable bonds is 20. The zero-order valence-corrected chi connectivity index (χ0v) is 38.0. The van der Waals surface area contributed by atoms with Crippen molar-refractivity contribution in [2.75, 3.05) is 7.11 Å². The molecule has 9 heteroatoms. The molecule has 1 heterocycles. The molecule has 1 saturated heterocycles. The molecule has 0 aromatic heterocycles. The molecule has 0 radical (unpaired) electrons. The Balaban J connectivity index is 1.10. The van der Waals surface area contributed by atoms with Crippen molar-refractivity contribution in [1.82, 2.24) is 0 Å². The van der Waals surface area contributed by atoms with Gasteiger partial charge in [-0.1, -0.05) is 194 Å². The second-order valence-electron chi connectivity index (χ2n) is 17.6. The highest BCUT2D eigenvalue weighted by molar-refractivity contribution is 5.88. The number of allylic oxidation sites excluding steroid dienone is 1. The van der Waals surface area contributed by atoms with Gasteiger partial charge in [0.15, 0.2) is 12.1 Å². The van der Waals surface area contributed by atoms with Crippen molar-refractivity contribution in [3.8, 4) is 0 Å². The minimum Gasteiger partial charge on any atom is -0.370 e. The summed E-state index contributed by atoms with van der Waals surface area (Å²) in [6, 6.07) is 60.3. The maximum Gasteiger partial charge on any atom is 0.186 e. The molecule has 0 spiro atoms. The van der Waals surface area contributed by atoms with Gasteiger partial charge in [-0.05, 0) is 39.8 Å². The highest BCUT2D eigenvalue weighted by atomic mass is 16.7. The summed E-state index contributed by atoms with van der Waals surface area (Å²) < 4.78 is 55.0. The molecule has 1 unspecified atom stereocenters. The van der Waals surface area contributed by atoms with Gasteiger partial charge in [0.1, 0.15) is 30.5 Å². The average molecular weight is 901 g/mol. The van der Waals surface area contributed by atoms with Crippen molar-refractivity contribution in [3.05, 3.63) is 228 Å². The third-order valence-corrected chi connectivity index (χ3v) is 13.1. The molecular formula is C58H60O9. The first-order valence-corrected chi connectivity index (χ1v) is 23.4. The van der Waals surface area contributed by atoms with E-state index < -0.39 is 60.9 Å². The molecule has 9 rings (SSSR count). The Bertz CT molecular complexity index is 2400. The van der Waals surface area contributed by atoms with Crippen LogP contribution in [0.3, 0.4) is 0 Å². The van der Waals surface area contributed by atoms with Crippen LogP contribution in [0.1, 0.15) is 39.8 Å². The van der Waals surface area contributed by atoms with E-state index in [-0.39, 0.29) is 31.5 Å². The lowest BCUT2D eigenvalue weighted by Crippen LogP contribution is -2.66. The van der Waals surface area contributed by atoms with Crippen molar-refractivity contribution in [2.45, 2.75) is 95.1 Å². The lowest BCUT2D eigenvalue weighted by molar-refractivity contribution is -0.329. The quantitative estimate of drug-likeness (QED) is 0.0695. The third kappa shape index (κ3) is 11.8. The first kappa shape index (κ1) is 46.5. The zero-order valence-electron chi connectivity index (χ0n) is 38.0. The predicted octanol–water partition coefficient (Wildman–Crippen LogP) is 10.3. The van der Waals surface area contributed by atoms with E-state index in [4.69, 9.17) is 37.9 Å². The lowest BCUT2D eigenvalue weighted by Gasteiger charge is -2.53. The second-order valence-corrected chi connectivity index (χ2v) is 17.6. The molecule has 0 bridgehead atoms. The highest BCUT2D eigenvalue weighted by Crippen LogP contribution is 2.47. The summed E-state index contributed by atoms with van der Waals surface area (Å²) in [5.41, 5.74) is 5.96. The van der Waals surface area contributed by atoms with Crippen molar-refractivity contribution < 1.29 is 42.7 Å². The first-order chi connectivity index (χ1) is 33.1. The van der Waals surface area contributed by atoms with Crippen LogP contribution in [0.25, 0.3) is 0 Å². The molecule has 1 aliphatic heterocycles. The number of hydrogen-bond acceptors (Lipinski definition) is 9. The molecule has 9 nitrogen and oxygen atoms in total. The Morgan fingerprint density at radius 1 is 0.433 bits per heavy atom. The van der Waals surface area contributed by atoms with Gasteiger partial charge in [-0.2, -0.15) is 0 Å². The molecule has 0 N–H and O–H groups in total. The lowest BCUT2D eigenvalue weighted by atomic mass is 9.62. The minimum absolute atomic E-state index is 0.0588. The zero-order chi connectivity index (χ0) is 45.6. The molecule has 2 fully saturated rings. The van der Waals surface area contributed by atoms with E-state index in [1.807, 2.05) is 170 Å². The SMILES string of the molecule is CO[C@H]1OC([C@H]2CC=C[C@@H]3[C@H](OCc4ccccc4)[C@H](OCc4ccccc4)[C@@H](OCc4ccccc4)C(=O)[C@@H]32)[C@@H](OCc2ccccc2)[C@H](OCc2ccccc2)[C@H]1OCc1ccccc1. The Kier molecular flexibility index (Phi) is 16.3. The van der Waals surface area contributed by atoms with Crippen molar-refractivity contribution in [1.29, 1.82) is 0 Å². The number of carbonyl (C=O) groups is 1. The van der Waals surface area contributed by atoms with E-state index >= 15 is 4.79 Å². The molecule has 0 amide bonds. The van der Waals surface area contributed by atoms with Crippen LogP contribution in [0.2, 0.25) is 0 Å². The first-order valence-electron chi connectivity index (χ1n) is 23.4. The molecule has 346 valence electrons. The fourth-order valence-corrected chi connectivity index (χ4v) is 9.82. The Hall–Kier alpha value is -5.59. The number of fused-ring (bicyclic) bond motifs is 1. The Labute approximate surface area is 394 Å². The maximum atomic E-state index is 15.8. The summed E-state index contributed by atoms with van der Waals surface area (Å²) in [5, 5.41) is 0.